The highest BCUT2D eigenvalue weighted by atomic mass is 16.6. The van der Waals surface area contributed by atoms with Crippen molar-refractivity contribution in [2.75, 3.05) is 5.32 Å². The summed E-state index contributed by atoms with van der Waals surface area (Å²) in [6.45, 7) is 1.62. The molecule has 1 aliphatic carbocycles. The zero-order chi connectivity index (χ0) is 22.0. The first kappa shape index (κ1) is 20.2. The smallest absolute Gasteiger partial charge is 0.305 e. The van der Waals surface area contributed by atoms with Crippen LogP contribution in [0.3, 0.4) is 0 Å². The molecule has 0 saturated heterocycles. The van der Waals surface area contributed by atoms with E-state index in [1.165, 1.54) is 6.20 Å². The average molecular weight is 412 g/mol. The van der Waals surface area contributed by atoms with Crippen LogP contribution in [0, 0.1) is 40.2 Å². The number of nitrogens with zero attached hydrogens (tertiary/aromatic N) is 3. The molecule has 1 aromatic heterocycles. The maximum absolute atomic E-state index is 12.6. The Morgan fingerprint density at radius 1 is 1.23 bits per heavy atom. The van der Waals surface area contributed by atoms with Crippen molar-refractivity contribution >= 4 is 17.4 Å². The fourth-order valence-electron chi connectivity index (χ4n) is 3.83. The number of carbonyl (C=O) groups excluding carboxylic acids is 1. The minimum absolute atomic E-state index is 0.00108. The molecule has 0 bridgehead atoms. The van der Waals surface area contributed by atoms with Gasteiger partial charge in [-0.05, 0) is 54.5 Å². The Balaban J connectivity index is 1.40. The lowest BCUT2D eigenvalue weighted by molar-refractivity contribution is -0.384. The molecule has 7 heteroatoms. The van der Waals surface area contributed by atoms with E-state index in [0.29, 0.717) is 11.1 Å². The van der Waals surface area contributed by atoms with Gasteiger partial charge in [-0.2, -0.15) is 5.26 Å². The van der Waals surface area contributed by atoms with Gasteiger partial charge in [0.05, 0.1) is 16.6 Å². The number of hydrogen-bond donors (Lipinski definition) is 1. The molecule has 3 aromatic rings. The van der Waals surface area contributed by atoms with E-state index >= 15 is 0 Å². The van der Waals surface area contributed by atoms with Crippen molar-refractivity contribution < 1.29 is 9.72 Å². The van der Waals surface area contributed by atoms with Crippen LogP contribution in [0.4, 0.5) is 11.5 Å². The Bertz CT molecular complexity index is 1200. The molecule has 154 valence electrons. The molecular weight excluding hydrogens is 392 g/mol. The molecule has 0 aliphatic heterocycles. The molecule has 2 unspecified atom stereocenters. The van der Waals surface area contributed by atoms with E-state index in [0.717, 1.165) is 29.5 Å². The minimum atomic E-state index is -0.520. The van der Waals surface area contributed by atoms with Crippen LogP contribution in [0.1, 0.15) is 23.1 Å². The maximum Gasteiger partial charge on any atom is 0.314 e. The number of aryl methyl sites for hydroxylation is 1. The fourth-order valence-corrected chi connectivity index (χ4v) is 3.83. The summed E-state index contributed by atoms with van der Waals surface area (Å²) in [5.41, 5.74) is 3.91. The van der Waals surface area contributed by atoms with Gasteiger partial charge in [-0.1, -0.05) is 42.5 Å². The molecule has 0 spiro atoms. The SMILES string of the molecule is Cc1ccnc(NC(=O)C2CC2Cc2ccc(-c3ccccc3C#N)cc2)c1[N+](=O)[O-]. The van der Waals surface area contributed by atoms with Gasteiger partial charge in [0.25, 0.3) is 0 Å². The number of benzene rings is 2. The fraction of sp³-hybridized carbons (Fsp3) is 0.208. The van der Waals surface area contributed by atoms with Crippen LogP contribution in [-0.4, -0.2) is 15.8 Å². The van der Waals surface area contributed by atoms with Crippen LogP contribution in [0.2, 0.25) is 0 Å². The second kappa shape index (κ2) is 8.36. The molecular formula is C24H20N4O3. The van der Waals surface area contributed by atoms with Crippen LogP contribution in [0.5, 0.6) is 0 Å². The third-order valence-corrected chi connectivity index (χ3v) is 5.62. The number of pyridine rings is 1. The number of nitro groups is 1. The zero-order valence-electron chi connectivity index (χ0n) is 16.9. The van der Waals surface area contributed by atoms with Crippen LogP contribution in [0.25, 0.3) is 11.1 Å². The number of aromatic nitrogens is 1. The lowest BCUT2D eigenvalue weighted by Crippen LogP contribution is -2.17. The highest BCUT2D eigenvalue weighted by Crippen LogP contribution is 2.42. The van der Waals surface area contributed by atoms with E-state index in [9.17, 15) is 20.2 Å². The van der Waals surface area contributed by atoms with Crippen LogP contribution >= 0.6 is 0 Å². The van der Waals surface area contributed by atoms with Gasteiger partial charge < -0.3 is 5.32 Å². The zero-order valence-corrected chi connectivity index (χ0v) is 16.9. The Hall–Kier alpha value is -4.05. The van der Waals surface area contributed by atoms with Crippen LogP contribution in [-0.2, 0) is 11.2 Å². The summed E-state index contributed by atoms with van der Waals surface area (Å²) in [5.74, 6) is -0.214. The van der Waals surface area contributed by atoms with E-state index in [2.05, 4.69) is 16.4 Å². The van der Waals surface area contributed by atoms with Gasteiger partial charge in [0, 0.05) is 17.7 Å². The quantitative estimate of drug-likeness (QED) is 0.468. The third-order valence-electron chi connectivity index (χ3n) is 5.62. The maximum atomic E-state index is 12.6. The Morgan fingerprint density at radius 2 is 1.97 bits per heavy atom. The molecule has 7 nitrogen and oxygen atoms in total. The number of hydrogen-bond acceptors (Lipinski definition) is 5. The third kappa shape index (κ3) is 4.28. The largest absolute Gasteiger partial charge is 0.314 e. The van der Waals surface area contributed by atoms with Crippen molar-refractivity contribution in [3.63, 3.8) is 0 Å². The lowest BCUT2D eigenvalue weighted by Gasteiger charge is -2.07. The standard InChI is InChI=1S/C24H20N4O3/c1-15-10-11-26-23(22(15)28(30)31)27-24(29)21-13-19(21)12-16-6-8-17(9-7-16)20-5-3-2-4-18(20)14-25/h2-11,19,21H,12-13H2,1H3,(H,26,27,29). The van der Waals surface area contributed by atoms with Crippen molar-refractivity contribution in [1.29, 1.82) is 5.26 Å². The first-order valence-electron chi connectivity index (χ1n) is 9.97. The first-order valence-corrected chi connectivity index (χ1v) is 9.97. The predicted octanol–water partition coefficient (Wildman–Crippen LogP) is 4.65. The summed E-state index contributed by atoms with van der Waals surface area (Å²) in [5, 5.41) is 23.2. The number of nitrogens with one attached hydrogen (secondary N) is 1. The van der Waals surface area contributed by atoms with Gasteiger partial charge in [-0.15, -0.1) is 0 Å². The van der Waals surface area contributed by atoms with Gasteiger partial charge >= 0.3 is 5.69 Å². The van der Waals surface area contributed by atoms with E-state index < -0.39 is 4.92 Å². The van der Waals surface area contributed by atoms with Gasteiger partial charge in [-0.3, -0.25) is 14.9 Å². The molecule has 1 amide bonds. The normalized spacial score (nSPS) is 16.9. The summed E-state index contributed by atoms with van der Waals surface area (Å²) in [4.78, 5) is 27.3. The second-order valence-electron chi connectivity index (χ2n) is 7.73. The van der Waals surface area contributed by atoms with Crippen LogP contribution in [0.15, 0.2) is 60.8 Å². The summed E-state index contributed by atoms with van der Waals surface area (Å²) in [6, 6.07) is 19.2. The topological polar surface area (TPSA) is 109 Å². The van der Waals surface area contributed by atoms with Crippen molar-refractivity contribution in [1.82, 2.24) is 4.98 Å². The monoisotopic (exact) mass is 412 g/mol. The highest BCUT2D eigenvalue weighted by molar-refractivity contribution is 5.95. The van der Waals surface area contributed by atoms with E-state index in [4.69, 9.17) is 0 Å². The second-order valence-corrected chi connectivity index (χ2v) is 7.73. The Kier molecular flexibility index (Phi) is 5.46. The summed E-state index contributed by atoms with van der Waals surface area (Å²) >= 11 is 0. The van der Waals surface area contributed by atoms with Crippen molar-refractivity contribution in [3.05, 3.63) is 87.6 Å². The van der Waals surface area contributed by atoms with E-state index in [1.807, 2.05) is 42.5 Å². The average Bonchev–Trinajstić information content (AvgIpc) is 3.53. The molecule has 1 N–H and O–H groups in total. The summed E-state index contributed by atoms with van der Waals surface area (Å²) in [6.07, 6.45) is 2.94. The molecule has 2 atom stereocenters. The Labute approximate surface area is 179 Å². The molecule has 4 rings (SSSR count). The minimum Gasteiger partial charge on any atom is -0.305 e. The number of carbonyl (C=O) groups is 1. The van der Waals surface area contributed by atoms with Gasteiger partial charge in [-0.25, -0.2) is 4.98 Å². The summed E-state index contributed by atoms with van der Waals surface area (Å²) < 4.78 is 0. The molecule has 0 radical (unpaired) electrons. The van der Waals surface area contributed by atoms with Crippen molar-refractivity contribution in [2.45, 2.75) is 19.8 Å². The number of nitriles is 1. The number of rotatable bonds is 6. The Morgan fingerprint density at radius 3 is 2.68 bits per heavy atom. The molecule has 1 fully saturated rings. The number of amides is 1. The molecule has 1 heterocycles. The molecule has 1 saturated carbocycles. The predicted molar refractivity (Wildman–Crippen MR) is 116 cm³/mol. The number of anilines is 1. The van der Waals surface area contributed by atoms with E-state index in [-0.39, 0.29) is 29.2 Å². The molecule has 31 heavy (non-hydrogen) atoms. The first-order chi connectivity index (χ1) is 15.0. The van der Waals surface area contributed by atoms with Crippen molar-refractivity contribution in [2.24, 2.45) is 11.8 Å². The molecule has 2 aromatic carbocycles. The van der Waals surface area contributed by atoms with Crippen molar-refractivity contribution in [3.8, 4) is 17.2 Å². The summed E-state index contributed by atoms with van der Waals surface area (Å²) in [7, 11) is 0. The van der Waals surface area contributed by atoms with Gasteiger partial charge in [0.15, 0.2) is 0 Å². The van der Waals surface area contributed by atoms with Gasteiger partial charge in [0.1, 0.15) is 0 Å². The van der Waals surface area contributed by atoms with Crippen LogP contribution < -0.4 is 5.32 Å². The molecule has 1 aliphatic rings. The lowest BCUT2D eigenvalue weighted by atomic mass is 9.98. The van der Waals surface area contributed by atoms with Gasteiger partial charge in [0.2, 0.25) is 11.7 Å². The highest BCUT2D eigenvalue weighted by Gasteiger charge is 2.43. The van der Waals surface area contributed by atoms with E-state index in [1.54, 1.807) is 19.1 Å².